The van der Waals surface area contributed by atoms with Crippen LogP contribution in [0.1, 0.15) is 11.1 Å². The third kappa shape index (κ3) is 2.36. The Morgan fingerprint density at radius 1 is 1.24 bits per heavy atom. The molecule has 0 spiro atoms. The molecule has 3 nitrogen and oxygen atoms in total. The Kier molecular flexibility index (Phi) is 2.95. The summed E-state index contributed by atoms with van der Waals surface area (Å²) < 4.78 is 19.0. The zero-order valence-corrected chi connectivity index (χ0v) is 9.70. The van der Waals surface area contributed by atoms with Gasteiger partial charge in [0.1, 0.15) is 0 Å². The molecule has 0 atom stereocenters. The average Bonchev–Trinajstić information content (AvgIpc) is 2.29. The normalized spacial score (nSPS) is 10.3. The van der Waals surface area contributed by atoms with Gasteiger partial charge in [0.05, 0.1) is 0 Å². The number of pyridine rings is 1. The first-order valence-electron chi connectivity index (χ1n) is 5.23. The summed E-state index contributed by atoms with van der Waals surface area (Å²) in [5.41, 5.74) is 7.63. The van der Waals surface area contributed by atoms with E-state index in [0.29, 0.717) is 11.6 Å². The maximum absolute atomic E-state index is 13.6. The molecule has 1 heterocycles. The summed E-state index contributed by atoms with van der Waals surface area (Å²) >= 11 is 0. The predicted octanol–water partition coefficient (Wildman–Crippen LogP) is 3.21. The van der Waals surface area contributed by atoms with Crippen LogP contribution in [0.2, 0.25) is 0 Å². The second-order valence-electron chi connectivity index (χ2n) is 3.87. The summed E-state index contributed by atoms with van der Waals surface area (Å²) in [6.45, 7) is 3.65. The highest BCUT2D eigenvalue weighted by molar-refractivity contribution is 5.51. The fraction of sp³-hybridized carbons (Fsp3) is 0.154. The third-order valence-electron chi connectivity index (χ3n) is 2.49. The molecule has 0 saturated carbocycles. The molecular formula is C13H13FN2O. The van der Waals surface area contributed by atoms with Gasteiger partial charge in [-0.15, -0.1) is 0 Å². The number of aryl methyl sites for hydroxylation is 2. The molecule has 17 heavy (non-hydrogen) atoms. The minimum Gasteiger partial charge on any atom is -0.436 e. The van der Waals surface area contributed by atoms with Gasteiger partial charge in [-0.05, 0) is 31.5 Å². The van der Waals surface area contributed by atoms with Crippen molar-refractivity contribution < 1.29 is 9.13 Å². The Labute approximate surface area is 99.1 Å². The fourth-order valence-corrected chi connectivity index (χ4v) is 1.43. The molecule has 1 aromatic carbocycles. The van der Waals surface area contributed by atoms with Crippen molar-refractivity contribution in [2.45, 2.75) is 13.8 Å². The van der Waals surface area contributed by atoms with Gasteiger partial charge in [0, 0.05) is 23.5 Å². The molecule has 2 rings (SSSR count). The third-order valence-corrected chi connectivity index (χ3v) is 2.49. The summed E-state index contributed by atoms with van der Waals surface area (Å²) in [6, 6.07) is 6.47. The van der Waals surface area contributed by atoms with Crippen LogP contribution in [0.5, 0.6) is 11.6 Å². The summed E-state index contributed by atoms with van der Waals surface area (Å²) in [7, 11) is 0. The monoisotopic (exact) mass is 232 g/mol. The number of anilines is 1. The van der Waals surface area contributed by atoms with Crippen LogP contribution in [-0.4, -0.2) is 4.98 Å². The molecule has 2 N–H and O–H groups in total. The number of hydrogen-bond acceptors (Lipinski definition) is 3. The van der Waals surface area contributed by atoms with Gasteiger partial charge in [-0.2, -0.15) is 0 Å². The van der Waals surface area contributed by atoms with Gasteiger partial charge in [0.15, 0.2) is 11.6 Å². The topological polar surface area (TPSA) is 48.1 Å². The minimum atomic E-state index is -0.488. The number of halogens is 1. The highest BCUT2D eigenvalue weighted by Gasteiger charge is 2.09. The van der Waals surface area contributed by atoms with Crippen LogP contribution in [0.25, 0.3) is 0 Å². The Morgan fingerprint density at radius 2 is 2.00 bits per heavy atom. The van der Waals surface area contributed by atoms with Gasteiger partial charge in [-0.3, -0.25) is 0 Å². The summed E-state index contributed by atoms with van der Waals surface area (Å²) in [6.07, 6.45) is 1.60. The van der Waals surface area contributed by atoms with Crippen LogP contribution in [0, 0.1) is 19.7 Å². The molecule has 0 aliphatic rings. The number of nitrogens with zero attached hydrogens (tertiary/aromatic N) is 1. The maximum Gasteiger partial charge on any atom is 0.222 e. The SMILES string of the molecule is Cc1cc(Oc2ncccc2C)c(F)cc1N. The molecule has 0 aliphatic carbocycles. The van der Waals surface area contributed by atoms with Crippen molar-refractivity contribution in [3.63, 3.8) is 0 Å². The van der Waals surface area contributed by atoms with Gasteiger partial charge in [0.25, 0.3) is 0 Å². The summed E-state index contributed by atoms with van der Waals surface area (Å²) in [4.78, 5) is 4.05. The van der Waals surface area contributed by atoms with Crippen molar-refractivity contribution in [3.05, 3.63) is 47.4 Å². The number of benzene rings is 1. The van der Waals surface area contributed by atoms with E-state index in [-0.39, 0.29) is 5.75 Å². The van der Waals surface area contributed by atoms with Crippen molar-refractivity contribution in [1.29, 1.82) is 0 Å². The van der Waals surface area contributed by atoms with Crippen molar-refractivity contribution >= 4 is 5.69 Å². The van der Waals surface area contributed by atoms with Gasteiger partial charge in [-0.1, -0.05) is 6.07 Å². The predicted molar refractivity (Wildman–Crippen MR) is 64.6 cm³/mol. The zero-order chi connectivity index (χ0) is 12.4. The maximum atomic E-state index is 13.6. The molecule has 2 aromatic rings. The first-order chi connectivity index (χ1) is 8.08. The standard InChI is InChI=1S/C13H13FN2O/c1-8-4-3-5-16-13(8)17-12-6-9(2)11(15)7-10(12)14/h3-7H,15H2,1-2H3. The van der Waals surface area contributed by atoms with E-state index in [1.807, 2.05) is 13.0 Å². The van der Waals surface area contributed by atoms with E-state index in [2.05, 4.69) is 4.98 Å². The van der Waals surface area contributed by atoms with E-state index >= 15 is 0 Å². The molecule has 0 fully saturated rings. The fourth-order valence-electron chi connectivity index (χ4n) is 1.43. The second kappa shape index (κ2) is 4.41. The van der Waals surface area contributed by atoms with Crippen molar-refractivity contribution in [2.75, 3.05) is 5.73 Å². The van der Waals surface area contributed by atoms with Gasteiger partial charge < -0.3 is 10.5 Å². The number of rotatable bonds is 2. The molecule has 0 aliphatic heterocycles. The Morgan fingerprint density at radius 3 is 2.71 bits per heavy atom. The van der Waals surface area contributed by atoms with E-state index in [9.17, 15) is 4.39 Å². The van der Waals surface area contributed by atoms with E-state index in [1.54, 1.807) is 25.3 Å². The summed E-state index contributed by atoms with van der Waals surface area (Å²) in [5.74, 6) is 0.0484. The van der Waals surface area contributed by atoms with Crippen molar-refractivity contribution in [3.8, 4) is 11.6 Å². The van der Waals surface area contributed by atoms with Crippen molar-refractivity contribution in [2.24, 2.45) is 0 Å². The van der Waals surface area contributed by atoms with Crippen molar-refractivity contribution in [1.82, 2.24) is 4.98 Å². The van der Waals surface area contributed by atoms with Gasteiger partial charge in [-0.25, -0.2) is 9.37 Å². The Hall–Kier alpha value is -2.10. The van der Waals surface area contributed by atoms with Gasteiger partial charge >= 0.3 is 0 Å². The lowest BCUT2D eigenvalue weighted by Gasteiger charge is -2.09. The van der Waals surface area contributed by atoms with E-state index < -0.39 is 5.82 Å². The molecule has 0 bridgehead atoms. The van der Waals surface area contributed by atoms with Crippen LogP contribution < -0.4 is 10.5 Å². The van der Waals surface area contributed by atoms with Crippen LogP contribution >= 0.6 is 0 Å². The highest BCUT2D eigenvalue weighted by Crippen LogP contribution is 2.28. The van der Waals surface area contributed by atoms with Crippen LogP contribution in [0.4, 0.5) is 10.1 Å². The quantitative estimate of drug-likeness (QED) is 0.809. The first-order valence-corrected chi connectivity index (χ1v) is 5.23. The minimum absolute atomic E-state index is 0.138. The number of nitrogen functional groups attached to an aromatic ring is 1. The Balaban J connectivity index is 2.37. The number of aromatic nitrogens is 1. The van der Waals surface area contributed by atoms with Crippen LogP contribution in [-0.2, 0) is 0 Å². The van der Waals surface area contributed by atoms with E-state index in [4.69, 9.17) is 10.5 Å². The molecular weight excluding hydrogens is 219 g/mol. The molecule has 88 valence electrons. The molecule has 0 radical (unpaired) electrons. The zero-order valence-electron chi connectivity index (χ0n) is 9.70. The van der Waals surface area contributed by atoms with E-state index in [1.165, 1.54) is 6.07 Å². The lowest BCUT2D eigenvalue weighted by Crippen LogP contribution is -1.96. The first kappa shape index (κ1) is 11.4. The average molecular weight is 232 g/mol. The molecule has 0 amide bonds. The number of hydrogen-bond donors (Lipinski definition) is 1. The second-order valence-corrected chi connectivity index (χ2v) is 3.87. The number of nitrogens with two attached hydrogens (primary N) is 1. The molecule has 0 saturated heterocycles. The van der Waals surface area contributed by atoms with Crippen LogP contribution in [0.3, 0.4) is 0 Å². The van der Waals surface area contributed by atoms with Gasteiger partial charge in [0.2, 0.25) is 5.88 Å². The lowest BCUT2D eigenvalue weighted by atomic mass is 10.2. The smallest absolute Gasteiger partial charge is 0.222 e. The molecule has 4 heteroatoms. The lowest BCUT2D eigenvalue weighted by molar-refractivity contribution is 0.424. The highest BCUT2D eigenvalue weighted by atomic mass is 19.1. The summed E-state index contributed by atoms with van der Waals surface area (Å²) in [5, 5.41) is 0. The van der Waals surface area contributed by atoms with Crippen LogP contribution in [0.15, 0.2) is 30.5 Å². The molecule has 0 unspecified atom stereocenters. The number of ether oxygens (including phenoxy) is 1. The largest absolute Gasteiger partial charge is 0.436 e. The van der Waals surface area contributed by atoms with E-state index in [0.717, 1.165) is 11.1 Å². The Bertz CT molecular complexity index is 555. The molecule has 1 aromatic heterocycles.